The number of aromatic nitrogens is 2. The van der Waals surface area contributed by atoms with Gasteiger partial charge in [-0.25, -0.2) is 42.3 Å². The second-order valence-corrected chi connectivity index (χ2v) is 33.1. The predicted molar refractivity (Wildman–Crippen MR) is 387 cm³/mol. The van der Waals surface area contributed by atoms with Crippen LogP contribution in [0.5, 0.6) is 0 Å². The molecule has 102 heavy (non-hydrogen) atoms. The van der Waals surface area contributed by atoms with Crippen LogP contribution in [0.15, 0.2) is 69.8 Å². The topological polar surface area (TPSA) is 531 Å². The summed E-state index contributed by atoms with van der Waals surface area (Å²) in [6.45, 7) is 16.9. The first-order chi connectivity index (χ1) is 46.1. The van der Waals surface area contributed by atoms with E-state index in [0.29, 0.717) is 77.0 Å². The molecule has 4 fully saturated rings. The molecule has 580 valence electrons. The van der Waals surface area contributed by atoms with Crippen LogP contribution in [0.4, 0.5) is 47.5 Å². The van der Waals surface area contributed by atoms with Gasteiger partial charge in [0.15, 0.2) is 0 Å². The van der Waals surface area contributed by atoms with Gasteiger partial charge in [0.2, 0.25) is 10.0 Å². The van der Waals surface area contributed by atoms with Crippen LogP contribution >= 0.6 is 62.2 Å². The van der Waals surface area contributed by atoms with Gasteiger partial charge in [-0.1, -0.05) is 39.2 Å². The molecule has 1 saturated carbocycles. The van der Waals surface area contributed by atoms with Crippen molar-refractivity contribution in [1.29, 1.82) is 0 Å². The first kappa shape index (κ1) is 108. The fraction of sp³-hybridized carbons (Fsp3) is 0.604. The van der Waals surface area contributed by atoms with Crippen molar-refractivity contribution >= 4 is 172 Å². The maximum atomic E-state index is 12.4. The number of rotatable bonds is 11. The molecule has 7 rings (SSSR count). The monoisotopic (exact) mass is 1750 g/mol. The second-order valence-electron chi connectivity index (χ2n) is 22.3. The minimum absolute atomic E-state index is 0. The van der Waals surface area contributed by atoms with Crippen molar-refractivity contribution in [2.45, 2.75) is 123 Å². The molecule has 49 heteroatoms. The largest absolute Gasteiger partial charge is 1.00 e. The summed E-state index contributed by atoms with van der Waals surface area (Å²) in [5, 5.41) is 15.1. The number of pyridine rings is 2. The molecular weight excluding hydrogens is 1660 g/mol. The number of likely N-dealkylation sites (N-methyl/N-ethyl adjacent to an activating group) is 2. The molecule has 0 bridgehead atoms. The summed E-state index contributed by atoms with van der Waals surface area (Å²) in [5.74, 6) is 1.47. The molecule has 0 radical (unpaired) electrons. The van der Waals surface area contributed by atoms with Crippen LogP contribution in [0.25, 0.3) is 0 Å². The van der Waals surface area contributed by atoms with Gasteiger partial charge in [0, 0.05) is 89.3 Å². The van der Waals surface area contributed by atoms with Crippen LogP contribution in [-0.2, 0) is 78.6 Å². The van der Waals surface area contributed by atoms with Crippen LogP contribution in [0, 0.1) is 0 Å². The van der Waals surface area contributed by atoms with E-state index in [-0.39, 0.29) is 161 Å². The molecule has 3 saturated heterocycles. The maximum Gasteiger partial charge on any atom is 1.00 e. The van der Waals surface area contributed by atoms with Crippen LogP contribution in [0.1, 0.15) is 97.2 Å². The summed E-state index contributed by atoms with van der Waals surface area (Å²) in [6.07, 6.45) is 6.99. The van der Waals surface area contributed by atoms with E-state index < -0.39 is 92.1 Å². The first-order valence-electron chi connectivity index (χ1n) is 29.5. The fourth-order valence-corrected chi connectivity index (χ4v) is 12.8. The van der Waals surface area contributed by atoms with E-state index in [1.54, 1.807) is 110 Å². The Labute approximate surface area is 715 Å². The summed E-state index contributed by atoms with van der Waals surface area (Å²) in [5.41, 5.74) is 20.6. The minimum Gasteiger partial charge on any atom is -1.00 e. The average molecular weight is 1760 g/mol. The average Bonchev–Trinajstić information content (AvgIpc) is 1.62. The van der Waals surface area contributed by atoms with Crippen molar-refractivity contribution in [1.82, 2.24) is 43.4 Å². The zero-order valence-corrected chi connectivity index (χ0v) is 73.8. The number of hydrogen-bond acceptors (Lipinski definition) is 28. The number of sulfonamides is 1. The molecule has 2 atom stereocenters. The number of anilines is 5. The number of alkyl halides is 3. The van der Waals surface area contributed by atoms with Crippen LogP contribution in [-0.4, -0.2) is 205 Å². The van der Waals surface area contributed by atoms with Crippen molar-refractivity contribution in [3.8, 4) is 0 Å². The quantitative estimate of drug-likeness (QED) is 0.00972. The second kappa shape index (κ2) is 55.9. The molecule has 3 aliphatic heterocycles. The van der Waals surface area contributed by atoms with E-state index in [1.807, 2.05) is 6.07 Å². The minimum atomic E-state index is -4.00. The Morgan fingerprint density at radius 3 is 1.57 bits per heavy atom. The van der Waals surface area contributed by atoms with Crippen LogP contribution in [0.3, 0.4) is 0 Å². The van der Waals surface area contributed by atoms with Gasteiger partial charge in [-0.2, -0.15) is 51.7 Å². The molecule has 13 N–H and O–H groups in total. The third kappa shape index (κ3) is 51.7. The summed E-state index contributed by atoms with van der Waals surface area (Å²) in [6, 6.07) is 14.6. The number of nitrogens with two attached hydrogens (primary N) is 4. The number of nitrogen functional groups attached to an aromatic ring is 3. The van der Waals surface area contributed by atoms with Crippen LogP contribution < -0.4 is 164 Å². The Balaban J connectivity index is -0.000000209. The summed E-state index contributed by atoms with van der Waals surface area (Å²) < 4.78 is 155. The molecule has 5 heterocycles. The van der Waals surface area contributed by atoms with Crippen molar-refractivity contribution in [2.75, 3.05) is 110 Å². The van der Waals surface area contributed by atoms with Crippen molar-refractivity contribution in [3.63, 3.8) is 0 Å². The molecule has 36 nitrogen and oxygen atoms in total. The van der Waals surface area contributed by atoms with E-state index in [0.717, 1.165) is 19.2 Å². The van der Waals surface area contributed by atoms with Gasteiger partial charge in [0.1, 0.15) is 28.4 Å². The molecule has 4 aliphatic rings. The molecule has 3 amide bonds. The van der Waals surface area contributed by atoms with E-state index in [4.69, 9.17) is 76.6 Å². The third-order valence-corrected chi connectivity index (χ3v) is 18.6. The van der Waals surface area contributed by atoms with Crippen LogP contribution in [0.2, 0.25) is 0 Å². The number of amides is 3. The number of nitrogens with zero attached hydrogens (tertiary/aromatic N) is 7. The fourth-order valence-electron chi connectivity index (χ4n) is 7.29. The normalized spacial score (nSPS) is 16.5. The zero-order chi connectivity index (χ0) is 77.9. The van der Waals surface area contributed by atoms with Crippen molar-refractivity contribution in [2.24, 2.45) is 10.1 Å². The SMILES string of the molecule is CC(C)(C)OC(=O)N1CCN(c2cccc(N)c2)S1(=O)=O.CC(C)(C)OC(=O)N1CCNS1(=O)=O.CC(C)(C)OC(=O)NS(=O)(=O)CCCCl.CN[C@@H]1CCCC[C@H]1NC.Cl.NCCCl.Nc1cc(Br)ccn1.Nc1cc(N2CCNS2(=O)=O)ccn1.O=C=NS(=O)(=O)Cl.O=CO[O-].[2H]CF.[H-].[K+].[K+]. The number of carbonyl (C=O) groups excluding carboxylic acids is 5. The number of carbonyl (C=O) groups is 4. The predicted octanol–water partition coefficient (Wildman–Crippen LogP) is -1.85. The standard InChI is InChI=1S/C13H19N3O4S.C8H16ClNO4S.C8H18N2.C7H10N4O2S.C7H14N2O4S.C5H5BrN2.C2H6ClN.CClNO3S.CH3F.CH2O3.ClH.2K.H/c1-13(2,3)20-12(17)16-8-7-15(21(16,18)19)11-6-4-5-10(14)9-11;1-8(2,3)14-7(11)10-15(12,13)6-4-5-9;1-9-7-5-3-4-6-8(7)10-2;8-7-5-6(1-2-9-7)11-4-3-10-14(11,12)13;1-7(2,3)13-6(10)9-5-4-8-14(9,11)12;6-4-1-2-8-5(7)3-4;3-1-2-4;2-7(5,6)3-1-4;1-2;2-1-4-3;;;;/h4-6,9H,7-8,14H2,1-3H3;4-6H2,1-3H3,(H,10,11);7-10H,3-6H2,1-2H3;1-2,5,10H,3-4H2,(H2,8,9);8H,4-5H2,1-3H3;1-3H,(H2,7,8);1-2,4H2;;1H3;1,3H;1H;;;/q;;;;;;;;;;;2*+1;-1/p-1/t;;7-,8-;;;;;;;;;;;/m..1.........../s1/i;;;;;;;;1D;;;;;. The van der Waals surface area contributed by atoms with Crippen molar-refractivity contribution < 1.29 is 200 Å². The number of halogens is 6. The number of hydrogen-bond donors (Lipinski definition) is 9. The Bertz CT molecular complexity index is 3570. The zero-order valence-electron chi connectivity index (χ0n) is 60.8. The number of nitrogens with one attached hydrogen (secondary N) is 5. The smallest absolute Gasteiger partial charge is 1.00 e. The van der Waals surface area contributed by atoms with Gasteiger partial charge in [-0.3, -0.25) is 17.8 Å². The Kier molecular flexibility index (Phi) is 59.2. The van der Waals surface area contributed by atoms with E-state index >= 15 is 0 Å². The summed E-state index contributed by atoms with van der Waals surface area (Å²) >= 11 is 13.6. The third-order valence-electron chi connectivity index (χ3n) is 11.0. The van der Waals surface area contributed by atoms with Crippen molar-refractivity contribution in [3.05, 3.63) is 65.4 Å². The molecule has 3 aromatic rings. The van der Waals surface area contributed by atoms with Gasteiger partial charge in [0.25, 0.3) is 12.6 Å². The molecule has 1 aliphatic carbocycles. The molecule has 0 spiro atoms. The van der Waals surface area contributed by atoms with E-state index in [9.17, 15) is 60.9 Å². The van der Waals surface area contributed by atoms with Gasteiger partial charge in [0.05, 0.1) is 45.3 Å². The molecule has 0 unspecified atom stereocenters. The van der Waals surface area contributed by atoms with Gasteiger partial charge in [-0.05, 0) is 132 Å². The summed E-state index contributed by atoms with van der Waals surface area (Å²) in [7, 11) is -11.1. The Morgan fingerprint density at radius 2 is 1.23 bits per heavy atom. The van der Waals surface area contributed by atoms with E-state index in [2.05, 4.69) is 80.0 Å². The molecule has 1 aromatic carbocycles. The molecule has 2 aromatic heterocycles. The Morgan fingerprint density at radius 1 is 0.775 bits per heavy atom. The first-order valence-corrected chi connectivity index (χ1v) is 38.9. The summed E-state index contributed by atoms with van der Waals surface area (Å²) in [4.78, 5) is 62.3. The van der Waals surface area contributed by atoms with E-state index in [1.165, 1.54) is 42.3 Å². The van der Waals surface area contributed by atoms with Gasteiger partial charge < -0.3 is 59.4 Å². The van der Waals surface area contributed by atoms with Gasteiger partial charge in [-0.15, -0.1) is 35.6 Å². The Hall–Kier alpha value is -2.47. The number of benzene rings is 1. The molecular formula is C53H94BrCl4FK2N16O20S5. The number of ether oxygens (including phenoxy) is 3. The van der Waals surface area contributed by atoms with Gasteiger partial charge >= 0.3 is 161 Å². The maximum absolute atomic E-state index is 12.4. The number of isocyanates is 1.